The van der Waals surface area contributed by atoms with Gasteiger partial charge in [-0.3, -0.25) is 4.79 Å². The van der Waals surface area contributed by atoms with E-state index in [1.54, 1.807) is 38.7 Å². The van der Waals surface area contributed by atoms with E-state index in [1.807, 2.05) is 0 Å². The summed E-state index contributed by atoms with van der Waals surface area (Å²) in [4.78, 5) is 13.2. The number of nitriles is 1. The third-order valence-corrected chi connectivity index (χ3v) is 6.04. The first-order valence-corrected chi connectivity index (χ1v) is 8.89. The number of esters is 1. The molecule has 0 amide bonds. The van der Waals surface area contributed by atoms with Crippen molar-refractivity contribution in [2.24, 2.45) is 5.92 Å². The number of hydrogen-bond donors (Lipinski definition) is 0. The van der Waals surface area contributed by atoms with Crippen molar-refractivity contribution >= 4 is 15.8 Å². The van der Waals surface area contributed by atoms with Crippen LogP contribution in [0.15, 0.2) is 11.1 Å². The highest BCUT2D eigenvalue weighted by molar-refractivity contribution is 7.96. The molecule has 0 radical (unpaired) electrons. The van der Waals surface area contributed by atoms with Crippen LogP contribution in [0.3, 0.4) is 0 Å². The minimum Gasteiger partial charge on any atom is -0.466 e. The zero-order chi connectivity index (χ0) is 17.0. The van der Waals surface area contributed by atoms with Gasteiger partial charge in [-0.2, -0.15) is 5.26 Å². The molecule has 1 rings (SSSR count). The number of allylic oxidation sites excluding steroid dienone is 1. The average Bonchev–Trinajstić information content (AvgIpc) is 2.44. The van der Waals surface area contributed by atoms with E-state index >= 15 is 0 Å². The first-order chi connectivity index (χ1) is 10.1. The minimum absolute atomic E-state index is 0.144. The van der Waals surface area contributed by atoms with Gasteiger partial charge in [-0.05, 0) is 40.5 Å². The van der Waals surface area contributed by atoms with E-state index in [4.69, 9.17) is 10.00 Å². The predicted molar refractivity (Wildman–Crippen MR) is 83.3 cm³/mol. The number of carbonyl (C=O) groups excluding carboxylic acids is 1. The van der Waals surface area contributed by atoms with Crippen molar-refractivity contribution in [1.82, 2.24) is 4.90 Å². The van der Waals surface area contributed by atoms with E-state index in [2.05, 4.69) is 0 Å². The minimum atomic E-state index is -3.66. The number of likely N-dealkylation sites (tertiary alicyclic amines) is 1. The van der Waals surface area contributed by atoms with E-state index in [1.165, 1.54) is 6.20 Å². The fourth-order valence-electron chi connectivity index (χ4n) is 2.18. The highest BCUT2D eigenvalue weighted by Gasteiger charge is 2.34. The van der Waals surface area contributed by atoms with E-state index in [0.717, 1.165) is 0 Å². The first-order valence-electron chi connectivity index (χ1n) is 7.40. The molecule has 0 aliphatic carbocycles. The molecule has 0 spiro atoms. The standard InChI is InChI=1S/C15H24N2O4S/c1-5-21-14(18)12-6-8-17(9-7-12)11-13(10-16)22(19,20)15(2,3)4/h11-12H,5-9H2,1-4H3/b13-11+. The number of ether oxygens (including phenoxy) is 1. The SMILES string of the molecule is CCOC(=O)C1CCN(/C=C(\C#N)S(=O)(=O)C(C)(C)C)CC1. The van der Waals surface area contributed by atoms with Crippen LogP contribution in [0.2, 0.25) is 0 Å². The monoisotopic (exact) mass is 328 g/mol. The molecule has 7 heteroatoms. The van der Waals surface area contributed by atoms with Gasteiger partial charge in [0.2, 0.25) is 0 Å². The Hall–Kier alpha value is -1.55. The van der Waals surface area contributed by atoms with E-state index in [0.29, 0.717) is 32.5 Å². The predicted octanol–water partition coefficient (Wildman–Crippen LogP) is 1.84. The van der Waals surface area contributed by atoms with Gasteiger partial charge in [0.05, 0.1) is 17.3 Å². The number of piperidine rings is 1. The number of sulfone groups is 1. The van der Waals surface area contributed by atoms with Gasteiger partial charge in [-0.25, -0.2) is 8.42 Å². The molecule has 0 aromatic heterocycles. The van der Waals surface area contributed by atoms with E-state index in [9.17, 15) is 13.2 Å². The Kier molecular flexibility index (Phi) is 6.00. The van der Waals surface area contributed by atoms with Crippen molar-refractivity contribution in [3.63, 3.8) is 0 Å². The Bertz CT molecular complexity index is 574. The zero-order valence-electron chi connectivity index (χ0n) is 13.6. The second-order valence-corrected chi connectivity index (χ2v) is 8.95. The molecule has 1 aliphatic heterocycles. The van der Waals surface area contributed by atoms with Crippen molar-refractivity contribution in [3.8, 4) is 6.07 Å². The van der Waals surface area contributed by atoms with Crippen molar-refractivity contribution in [3.05, 3.63) is 11.1 Å². The smallest absolute Gasteiger partial charge is 0.309 e. The van der Waals surface area contributed by atoms with Gasteiger partial charge in [0.15, 0.2) is 14.7 Å². The topological polar surface area (TPSA) is 87.5 Å². The summed E-state index contributed by atoms with van der Waals surface area (Å²) in [6.07, 6.45) is 2.61. The molecule has 0 saturated carbocycles. The Labute approximate surface area is 132 Å². The summed E-state index contributed by atoms with van der Waals surface area (Å²) in [7, 11) is -3.66. The third-order valence-electron chi connectivity index (χ3n) is 3.66. The summed E-state index contributed by atoms with van der Waals surface area (Å²) in [5.74, 6) is -0.344. The summed E-state index contributed by atoms with van der Waals surface area (Å²) >= 11 is 0. The lowest BCUT2D eigenvalue weighted by molar-refractivity contribution is -0.149. The molecular formula is C15H24N2O4S. The van der Waals surface area contributed by atoms with Gasteiger partial charge in [-0.1, -0.05) is 0 Å². The summed E-state index contributed by atoms with van der Waals surface area (Å²) in [6.45, 7) is 7.91. The van der Waals surface area contributed by atoms with Crippen LogP contribution < -0.4 is 0 Å². The molecule has 1 fully saturated rings. The maximum atomic E-state index is 12.3. The van der Waals surface area contributed by atoms with Gasteiger partial charge in [0, 0.05) is 19.3 Å². The molecule has 1 saturated heterocycles. The van der Waals surface area contributed by atoms with Gasteiger partial charge < -0.3 is 9.64 Å². The Morgan fingerprint density at radius 2 is 1.91 bits per heavy atom. The second kappa shape index (κ2) is 7.14. The Morgan fingerprint density at radius 1 is 1.36 bits per heavy atom. The van der Waals surface area contributed by atoms with Crippen LogP contribution in [0, 0.1) is 17.2 Å². The molecule has 0 N–H and O–H groups in total. The maximum Gasteiger partial charge on any atom is 0.309 e. The fourth-order valence-corrected chi connectivity index (χ4v) is 3.25. The maximum absolute atomic E-state index is 12.3. The third kappa shape index (κ3) is 4.23. The molecule has 22 heavy (non-hydrogen) atoms. The fraction of sp³-hybridized carbons (Fsp3) is 0.733. The van der Waals surface area contributed by atoms with E-state index in [-0.39, 0.29) is 16.8 Å². The zero-order valence-corrected chi connectivity index (χ0v) is 14.4. The quantitative estimate of drug-likeness (QED) is 0.578. The Balaban J connectivity index is 2.80. The molecule has 0 unspecified atom stereocenters. The summed E-state index contributed by atoms with van der Waals surface area (Å²) in [5, 5.41) is 9.17. The van der Waals surface area contributed by atoms with Crippen LogP contribution in [-0.4, -0.2) is 43.7 Å². The molecular weight excluding hydrogens is 304 g/mol. The lowest BCUT2D eigenvalue weighted by Crippen LogP contribution is -2.35. The second-order valence-electron chi connectivity index (χ2n) is 6.28. The van der Waals surface area contributed by atoms with E-state index < -0.39 is 14.6 Å². The average molecular weight is 328 g/mol. The number of rotatable bonds is 4. The van der Waals surface area contributed by atoms with Gasteiger partial charge in [0.1, 0.15) is 6.07 Å². The first kappa shape index (κ1) is 18.5. The molecule has 0 aromatic rings. The van der Waals surface area contributed by atoms with Crippen molar-refractivity contribution in [2.75, 3.05) is 19.7 Å². The highest BCUT2D eigenvalue weighted by Crippen LogP contribution is 2.25. The normalized spacial score (nSPS) is 18.0. The summed E-state index contributed by atoms with van der Waals surface area (Å²) < 4.78 is 28.6. The molecule has 124 valence electrons. The Morgan fingerprint density at radius 3 is 2.32 bits per heavy atom. The lowest BCUT2D eigenvalue weighted by Gasteiger charge is -2.30. The van der Waals surface area contributed by atoms with Crippen molar-refractivity contribution < 1.29 is 17.9 Å². The molecule has 6 nitrogen and oxygen atoms in total. The number of hydrogen-bond acceptors (Lipinski definition) is 6. The number of carbonyl (C=O) groups is 1. The molecule has 1 aliphatic rings. The molecule has 1 heterocycles. The summed E-state index contributed by atoms with van der Waals surface area (Å²) in [5.41, 5.74) is 0. The highest BCUT2D eigenvalue weighted by atomic mass is 32.2. The van der Waals surface area contributed by atoms with Crippen LogP contribution in [0.4, 0.5) is 0 Å². The summed E-state index contributed by atoms with van der Waals surface area (Å²) in [6, 6.07) is 1.79. The van der Waals surface area contributed by atoms with Crippen LogP contribution in [0.5, 0.6) is 0 Å². The van der Waals surface area contributed by atoms with Crippen LogP contribution in [-0.2, 0) is 19.4 Å². The number of nitrogens with zero attached hydrogens (tertiary/aromatic N) is 2. The van der Waals surface area contributed by atoms with Crippen LogP contribution in [0.1, 0.15) is 40.5 Å². The van der Waals surface area contributed by atoms with Gasteiger partial charge in [-0.15, -0.1) is 0 Å². The lowest BCUT2D eigenvalue weighted by atomic mass is 9.97. The van der Waals surface area contributed by atoms with Gasteiger partial charge >= 0.3 is 5.97 Å². The molecule has 0 aromatic carbocycles. The molecule has 0 bridgehead atoms. The van der Waals surface area contributed by atoms with Crippen LogP contribution in [0.25, 0.3) is 0 Å². The van der Waals surface area contributed by atoms with Crippen molar-refractivity contribution in [2.45, 2.75) is 45.3 Å². The van der Waals surface area contributed by atoms with Gasteiger partial charge in [0.25, 0.3) is 0 Å². The largest absolute Gasteiger partial charge is 0.466 e. The van der Waals surface area contributed by atoms with Crippen molar-refractivity contribution in [1.29, 1.82) is 5.26 Å². The van der Waals surface area contributed by atoms with Crippen LogP contribution >= 0.6 is 0 Å². The molecule has 0 atom stereocenters.